The molecule has 31 heavy (non-hydrogen) atoms. The second-order valence-electron chi connectivity index (χ2n) is 9.20. The Balaban J connectivity index is 1.40. The van der Waals surface area contributed by atoms with Gasteiger partial charge in [0.2, 0.25) is 0 Å². The van der Waals surface area contributed by atoms with E-state index in [0.29, 0.717) is 41.3 Å². The van der Waals surface area contributed by atoms with Crippen LogP contribution in [0.5, 0.6) is 0 Å². The molecule has 2 unspecified atom stereocenters. The predicted molar refractivity (Wildman–Crippen MR) is 116 cm³/mol. The fourth-order valence-electron chi connectivity index (χ4n) is 5.02. The summed E-state index contributed by atoms with van der Waals surface area (Å²) in [5, 5.41) is 30.5. The molecule has 0 radical (unpaired) electrons. The SMILES string of the molecule is N#CC1(c2ccc(C=N)c(Nc3cc(N4CCC(O)C(F)C4)ncn3)c2)CC2(CC2)C1. The Bertz CT molecular complexity index is 1050. The van der Waals surface area contributed by atoms with E-state index in [1.807, 2.05) is 18.2 Å². The second-order valence-corrected chi connectivity index (χ2v) is 9.20. The lowest BCUT2D eigenvalue weighted by atomic mass is 9.57. The quantitative estimate of drug-likeness (QED) is 0.639. The molecule has 2 heterocycles. The lowest BCUT2D eigenvalue weighted by molar-refractivity contribution is 0.0614. The molecule has 1 aromatic heterocycles. The van der Waals surface area contributed by atoms with E-state index in [1.54, 1.807) is 11.0 Å². The molecule has 1 saturated heterocycles. The highest BCUT2D eigenvalue weighted by Crippen LogP contribution is 2.68. The molecule has 2 atom stereocenters. The topological polar surface area (TPSA) is 109 Å². The maximum atomic E-state index is 13.9. The van der Waals surface area contributed by atoms with Gasteiger partial charge in [0.15, 0.2) is 0 Å². The lowest BCUT2D eigenvalue weighted by Gasteiger charge is -2.44. The first-order valence-electron chi connectivity index (χ1n) is 10.7. The molecule has 8 heteroatoms. The molecule has 2 aromatic rings. The number of rotatable bonds is 5. The summed E-state index contributed by atoms with van der Waals surface area (Å²) in [6, 6.07) is 10.1. The van der Waals surface area contributed by atoms with Crippen molar-refractivity contribution in [2.24, 2.45) is 5.41 Å². The Labute approximate surface area is 180 Å². The van der Waals surface area contributed by atoms with Crippen molar-refractivity contribution in [1.82, 2.24) is 9.97 Å². The average molecular weight is 420 g/mol. The van der Waals surface area contributed by atoms with E-state index in [2.05, 4.69) is 21.4 Å². The van der Waals surface area contributed by atoms with Gasteiger partial charge in [0, 0.05) is 30.1 Å². The highest BCUT2D eigenvalue weighted by molar-refractivity contribution is 5.87. The smallest absolute Gasteiger partial charge is 0.143 e. The first-order valence-corrected chi connectivity index (χ1v) is 10.7. The third-order valence-corrected chi connectivity index (χ3v) is 7.03. The first kappa shape index (κ1) is 19.9. The summed E-state index contributed by atoms with van der Waals surface area (Å²) >= 11 is 0. The highest BCUT2D eigenvalue weighted by Gasteiger charge is 2.61. The van der Waals surface area contributed by atoms with Crippen molar-refractivity contribution in [1.29, 1.82) is 10.7 Å². The molecule has 2 aliphatic carbocycles. The third kappa shape index (κ3) is 3.53. The minimum absolute atomic E-state index is 0.0886. The van der Waals surface area contributed by atoms with E-state index in [-0.39, 0.29) is 6.54 Å². The third-order valence-electron chi connectivity index (χ3n) is 7.03. The summed E-state index contributed by atoms with van der Waals surface area (Å²) in [7, 11) is 0. The number of hydrogen-bond acceptors (Lipinski definition) is 7. The average Bonchev–Trinajstić information content (AvgIpc) is 3.55. The molecular weight excluding hydrogens is 395 g/mol. The van der Waals surface area contributed by atoms with Gasteiger partial charge in [-0.05, 0) is 49.1 Å². The van der Waals surface area contributed by atoms with Gasteiger partial charge in [0.25, 0.3) is 0 Å². The fourth-order valence-corrected chi connectivity index (χ4v) is 5.02. The Kier molecular flexibility index (Phi) is 4.67. The number of hydrogen-bond donors (Lipinski definition) is 3. The number of anilines is 3. The van der Waals surface area contributed by atoms with Crippen LogP contribution in [-0.4, -0.2) is 46.7 Å². The zero-order valence-corrected chi connectivity index (χ0v) is 17.2. The van der Waals surface area contributed by atoms with Crippen LogP contribution in [-0.2, 0) is 5.41 Å². The van der Waals surface area contributed by atoms with Crippen LogP contribution >= 0.6 is 0 Å². The van der Waals surface area contributed by atoms with Gasteiger partial charge in [-0.1, -0.05) is 12.1 Å². The van der Waals surface area contributed by atoms with Gasteiger partial charge in [-0.2, -0.15) is 5.26 Å². The second kappa shape index (κ2) is 7.27. The van der Waals surface area contributed by atoms with E-state index in [1.165, 1.54) is 25.4 Å². The molecule has 160 valence electrons. The number of nitriles is 1. The Morgan fingerprint density at radius 2 is 2.10 bits per heavy atom. The first-order chi connectivity index (χ1) is 15.0. The van der Waals surface area contributed by atoms with Crippen molar-refractivity contribution in [2.45, 2.75) is 49.8 Å². The van der Waals surface area contributed by atoms with Crippen LogP contribution in [0.3, 0.4) is 0 Å². The number of aliphatic hydroxyl groups is 1. The number of halogens is 1. The summed E-state index contributed by atoms with van der Waals surface area (Å²) in [6.07, 6.45) is 5.06. The molecular formula is C23H25FN6O. The minimum Gasteiger partial charge on any atom is -0.390 e. The summed E-state index contributed by atoms with van der Waals surface area (Å²) in [5.74, 6) is 1.12. The van der Waals surface area contributed by atoms with Crippen molar-refractivity contribution in [3.8, 4) is 6.07 Å². The molecule has 1 aromatic carbocycles. The molecule has 2 saturated carbocycles. The number of nitrogens with zero attached hydrogens (tertiary/aromatic N) is 4. The largest absolute Gasteiger partial charge is 0.390 e. The van der Waals surface area contributed by atoms with Crippen LogP contribution in [0.1, 0.15) is 43.2 Å². The van der Waals surface area contributed by atoms with E-state index < -0.39 is 17.7 Å². The highest BCUT2D eigenvalue weighted by atomic mass is 19.1. The Hall–Kier alpha value is -3.05. The molecule has 7 nitrogen and oxygen atoms in total. The zero-order chi connectivity index (χ0) is 21.6. The van der Waals surface area contributed by atoms with Crippen LogP contribution in [0.4, 0.5) is 21.7 Å². The van der Waals surface area contributed by atoms with Crippen LogP contribution in [0.2, 0.25) is 0 Å². The normalized spacial score (nSPS) is 25.4. The summed E-state index contributed by atoms with van der Waals surface area (Å²) in [6.45, 7) is 0.608. The van der Waals surface area contributed by atoms with Gasteiger partial charge >= 0.3 is 0 Å². The molecule has 1 aliphatic heterocycles. The molecule has 3 fully saturated rings. The number of aliphatic hydroxyl groups excluding tert-OH is 1. The standard InChI is InChI=1S/C23H25FN6O/c24-17-10-30(6-3-19(17)31)21-8-20(27-14-28-21)29-18-7-16(2-1-15(18)9-25)23(13-26)11-22(12-23)4-5-22/h1-2,7-9,14,17,19,25,31H,3-6,10-12H2,(H,27,28,29). The molecule has 5 rings (SSSR count). The number of benzene rings is 1. The molecule has 0 amide bonds. The molecule has 3 aliphatic rings. The van der Waals surface area contributed by atoms with E-state index >= 15 is 0 Å². The van der Waals surface area contributed by atoms with Crippen molar-refractivity contribution in [3.63, 3.8) is 0 Å². The monoisotopic (exact) mass is 420 g/mol. The summed E-state index contributed by atoms with van der Waals surface area (Å²) in [4.78, 5) is 10.3. The molecule has 1 spiro atoms. The van der Waals surface area contributed by atoms with Crippen molar-refractivity contribution < 1.29 is 9.50 Å². The van der Waals surface area contributed by atoms with Crippen LogP contribution in [0, 0.1) is 22.2 Å². The van der Waals surface area contributed by atoms with Crippen LogP contribution < -0.4 is 10.2 Å². The molecule has 3 N–H and O–H groups in total. The lowest BCUT2D eigenvalue weighted by Crippen LogP contribution is -2.44. The van der Waals surface area contributed by atoms with Crippen molar-refractivity contribution in [2.75, 3.05) is 23.3 Å². The number of piperidine rings is 1. The Morgan fingerprint density at radius 3 is 2.77 bits per heavy atom. The van der Waals surface area contributed by atoms with Gasteiger partial charge in [-0.3, -0.25) is 0 Å². The minimum atomic E-state index is -1.30. The van der Waals surface area contributed by atoms with E-state index in [0.717, 1.165) is 18.4 Å². The maximum absolute atomic E-state index is 13.9. The van der Waals surface area contributed by atoms with E-state index in [4.69, 9.17) is 5.41 Å². The van der Waals surface area contributed by atoms with Crippen molar-refractivity contribution in [3.05, 3.63) is 41.7 Å². The van der Waals surface area contributed by atoms with Gasteiger partial charge in [0.1, 0.15) is 24.1 Å². The van der Waals surface area contributed by atoms with Gasteiger partial charge in [-0.15, -0.1) is 0 Å². The van der Waals surface area contributed by atoms with Gasteiger partial charge in [-0.25, -0.2) is 14.4 Å². The van der Waals surface area contributed by atoms with Crippen LogP contribution in [0.15, 0.2) is 30.6 Å². The van der Waals surface area contributed by atoms with Gasteiger partial charge < -0.3 is 20.7 Å². The van der Waals surface area contributed by atoms with Crippen LogP contribution in [0.25, 0.3) is 0 Å². The number of nitrogens with one attached hydrogen (secondary N) is 2. The molecule has 0 bridgehead atoms. The maximum Gasteiger partial charge on any atom is 0.143 e. The number of aromatic nitrogens is 2. The Morgan fingerprint density at radius 1 is 1.29 bits per heavy atom. The predicted octanol–water partition coefficient (Wildman–Crippen LogP) is 3.46. The van der Waals surface area contributed by atoms with Gasteiger partial charge in [0.05, 0.1) is 24.1 Å². The number of alkyl halides is 1. The summed E-state index contributed by atoms with van der Waals surface area (Å²) in [5.41, 5.74) is 2.32. The van der Waals surface area contributed by atoms with E-state index in [9.17, 15) is 14.8 Å². The van der Waals surface area contributed by atoms with Crippen molar-refractivity contribution >= 4 is 23.5 Å². The fraction of sp³-hybridized carbons (Fsp3) is 0.478. The zero-order valence-electron chi connectivity index (χ0n) is 17.2. The summed E-state index contributed by atoms with van der Waals surface area (Å²) < 4.78 is 13.9.